The molecule has 0 aromatic heterocycles. The van der Waals surface area contributed by atoms with Crippen molar-refractivity contribution in [3.63, 3.8) is 0 Å². The number of hydrogen-bond donors (Lipinski definition) is 2. The molecule has 1 fully saturated rings. The average molecular weight is 295 g/mol. The van der Waals surface area contributed by atoms with Gasteiger partial charge < -0.3 is 15.2 Å². The first-order valence-electron chi connectivity index (χ1n) is 6.30. The van der Waals surface area contributed by atoms with Gasteiger partial charge in [-0.15, -0.1) is 0 Å². The van der Waals surface area contributed by atoms with E-state index in [0.29, 0.717) is 17.7 Å². The van der Waals surface area contributed by atoms with Gasteiger partial charge in [0.05, 0.1) is 0 Å². The molecule has 2 rings (SSSR count). The SMILES string of the molecule is CO[C@@H](C(=O)NC1(C(=O)O)CCSC1)c1ccccc1. The predicted octanol–water partition coefficient (Wildman–Crippen LogP) is 1.45. The summed E-state index contributed by atoms with van der Waals surface area (Å²) in [6.45, 7) is 0. The molecule has 6 heteroatoms. The summed E-state index contributed by atoms with van der Waals surface area (Å²) in [5, 5.41) is 12.0. The molecule has 5 nitrogen and oxygen atoms in total. The molecule has 0 spiro atoms. The second kappa shape index (κ2) is 6.28. The highest BCUT2D eigenvalue weighted by molar-refractivity contribution is 7.99. The van der Waals surface area contributed by atoms with Crippen molar-refractivity contribution in [1.29, 1.82) is 0 Å². The molecule has 0 saturated carbocycles. The molecule has 2 atom stereocenters. The van der Waals surface area contributed by atoms with Crippen LogP contribution in [-0.4, -0.2) is 41.1 Å². The largest absolute Gasteiger partial charge is 0.479 e. The minimum Gasteiger partial charge on any atom is -0.479 e. The maximum absolute atomic E-state index is 12.3. The lowest BCUT2D eigenvalue weighted by molar-refractivity contribution is -0.148. The summed E-state index contributed by atoms with van der Waals surface area (Å²) in [6, 6.07) is 9.04. The Hall–Kier alpha value is -1.53. The third kappa shape index (κ3) is 2.96. The fraction of sp³-hybridized carbons (Fsp3) is 0.429. The summed E-state index contributed by atoms with van der Waals surface area (Å²) in [4.78, 5) is 23.8. The minimum absolute atomic E-state index is 0.388. The number of rotatable bonds is 5. The molecule has 0 bridgehead atoms. The summed E-state index contributed by atoms with van der Waals surface area (Å²) < 4.78 is 5.22. The lowest BCUT2D eigenvalue weighted by atomic mass is 9.98. The summed E-state index contributed by atoms with van der Waals surface area (Å²) in [5.41, 5.74) is -0.466. The number of amides is 1. The molecular weight excluding hydrogens is 278 g/mol. The molecule has 1 aromatic rings. The molecule has 0 radical (unpaired) electrons. The molecule has 20 heavy (non-hydrogen) atoms. The van der Waals surface area contributed by atoms with Crippen LogP contribution in [0.5, 0.6) is 0 Å². The van der Waals surface area contributed by atoms with Crippen LogP contribution in [0.2, 0.25) is 0 Å². The normalized spacial score (nSPS) is 23.2. The Morgan fingerprint density at radius 2 is 2.10 bits per heavy atom. The zero-order valence-electron chi connectivity index (χ0n) is 11.2. The molecule has 1 heterocycles. The highest BCUT2D eigenvalue weighted by Gasteiger charge is 2.44. The maximum atomic E-state index is 12.3. The molecule has 1 unspecified atom stereocenters. The highest BCUT2D eigenvalue weighted by Crippen LogP contribution is 2.29. The number of aliphatic carboxylic acids is 1. The van der Waals surface area contributed by atoms with Crippen LogP contribution in [0, 0.1) is 0 Å². The Bertz CT molecular complexity index is 485. The van der Waals surface area contributed by atoms with Crippen molar-refractivity contribution < 1.29 is 19.4 Å². The van der Waals surface area contributed by atoms with E-state index in [0.717, 1.165) is 5.75 Å². The molecule has 1 aliphatic heterocycles. The van der Waals surface area contributed by atoms with E-state index < -0.39 is 23.5 Å². The first-order chi connectivity index (χ1) is 9.59. The Morgan fingerprint density at radius 1 is 1.40 bits per heavy atom. The van der Waals surface area contributed by atoms with Gasteiger partial charge in [0.1, 0.15) is 5.54 Å². The van der Waals surface area contributed by atoms with E-state index in [9.17, 15) is 14.7 Å². The average Bonchev–Trinajstić information content (AvgIpc) is 2.90. The van der Waals surface area contributed by atoms with Crippen LogP contribution in [0.3, 0.4) is 0 Å². The van der Waals surface area contributed by atoms with Gasteiger partial charge in [-0.3, -0.25) is 4.79 Å². The number of carbonyl (C=O) groups excluding carboxylic acids is 1. The number of carboxylic acids is 1. The van der Waals surface area contributed by atoms with E-state index in [1.807, 2.05) is 18.2 Å². The third-order valence-electron chi connectivity index (χ3n) is 3.37. The third-order valence-corrected chi connectivity index (χ3v) is 4.56. The van der Waals surface area contributed by atoms with E-state index in [1.165, 1.54) is 18.9 Å². The highest BCUT2D eigenvalue weighted by atomic mass is 32.2. The Balaban J connectivity index is 2.15. The predicted molar refractivity (Wildman–Crippen MR) is 76.6 cm³/mol. The van der Waals surface area contributed by atoms with Crippen LogP contribution < -0.4 is 5.32 Å². The van der Waals surface area contributed by atoms with E-state index in [-0.39, 0.29) is 0 Å². The summed E-state index contributed by atoms with van der Waals surface area (Å²) >= 11 is 1.53. The second-order valence-electron chi connectivity index (χ2n) is 4.71. The van der Waals surface area contributed by atoms with Crippen LogP contribution in [0.25, 0.3) is 0 Å². The van der Waals surface area contributed by atoms with Gasteiger partial charge in [0.15, 0.2) is 6.10 Å². The van der Waals surface area contributed by atoms with Gasteiger partial charge in [0.25, 0.3) is 5.91 Å². The number of benzene rings is 1. The summed E-state index contributed by atoms with van der Waals surface area (Å²) in [7, 11) is 1.44. The fourth-order valence-electron chi connectivity index (χ4n) is 2.21. The van der Waals surface area contributed by atoms with Crippen molar-refractivity contribution in [3.05, 3.63) is 35.9 Å². The smallest absolute Gasteiger partial charge is 0.330 e. The summed E-state index contributed by atoms with van der Waals surface area (Å²) in [6.07, 6.45) is -0.359. The quantitative estimate of drug-likeness (QED) is 0.860. The van der Waals surface area contributed by atoms with E-state index in [4.69, 9.17) is 4.74 Å². The van der Waals surface area contributed by atoms with Crippen LogP contribution in [0.4, 0.5) is 0 Å². The van der Waals surface area contributed by atoms with Crippen molar-refractivity contribution in [3.8, 4) is 0 Å². The van der Waals surface area contributed by atoms with Crippen molar-refractivity contribution >= 4 is 23.6 Å². The molecule has 108 valence electrons. The molecule has 0 aliphatic carbocycles. The molecule has 1 saturated heterocycles. The first kappa shape index (κ1) is 14.9. The fourth-order valence-corrected chi connectivity index (χ4v) is 3.53. The number of thioether (sulfide) groups is 1. The zero-order chi connectivity index (χ0) is 14.6. The standard InChI is InChI=1S/C14H17NO4S/c1-19-11(10-5-3-2-4-6-10)12(16)15-14(13(17)18)7-8-20-9-14/h2-6,11H,7-9H2,1H3,(H,15,16)(H,17,18)/t11-,14?/m1/s1. The Kier molecular flexibility index (Phi) is 4.67. The van der Waals surface area contributed by atoms with E-state index in [1.54, 1.807) is 12.1 Å². The number of methoxy groups -OCH3 is 1. The van der Waals surface area contributed by atoms with Gasteiger partial charge in [0, 0.05) is 12.9 Å². The molecule has 1 aliphatic rings. The Morgan fingerprint density at radius 3 is 2.60 bits per heavy atom. The molecule has 1 amide bonds. The number of ether oxygens (including phenoxy) is 1. The monoisotopic (exact) mass is 295 g/mol. The molecule has 1 aromatic carbocycles. The van der Waals surface area contributed by atoms with Crippen molar-refractivity contribution in [2.45, 2.75) is 18.1 Å². The van der Waals surface area contributed by atoms with Gasteiger partial charge in [-0.2, -0.15) is 11.8 Å². The van der Waals surface area contributed by atoms with Crippen LogP contribution in [0.15, 0.2) is 30.3 Å². The van der Waals surface area contributed by atoms with Crippen LogP contribution in [-0.2, 0) is 14.3 Å². The van der Waals surface area contributed by atoms with Crippen LogP contribution in [0.1, 0.15) is 18.1 Å². The topological polar surface area (TPSA) is 75.6 Å². The summed E-state index contributed by atoms with van der Waals surface area (Å²) in [5.74, 6) is -0.281. The number of nitrogens with one attached hydrogen (secondary N) is 1. The molecular formula is C14H17NO4S. The number of carbonyl (C=O) groups is 2. The first-order valence-corrected chi connectivity index (χ1v) is 7.45. The lowest BCUT2D eigenvalue weighted by Gasteiger charge is -2.27. The van der Waals surface area contributed by atoms with Crippen molar-refractivity contribution in [2.24, 2.45) is 0 Å². The van der Waals surface area contributed by atoms with Gasteiger partial charge in [0.2, 0.25) is 0 Å². The van der Waals surface area contributed by atoms with Crippen molar-refractivity contribution in [2.75, 3.05) is 18.6 Å². The zero-order valence-corrected chi connectivity index (χ0v) is 12.0. The van der Waals surface area contributed by atoms with Gasteiger partial charge in [-0.25, -0.2) is 4.79 Å². The van der Waals surface area contributed by atoms with Gasteiger partial charge in [-0.05, 0) is 17.7 Å². The maximum Gasteiger partial charge on any atom is 0.330 e. The minimum atomic E-state index is -1.17. The van der Waals surface area contributed by atoms with Crippen molar-refractivity contribution in [1.82, 2.24) is 5.32 Å². The van der Waals surface area contributed by atoms with Gasteiger partial charge >= 0.3 is 5.97 Å². The lowest BCUT2D eigenvalue weighted by Crippen LogP contribution is -2.56. The Labute approximate surface area is 121 Å². The van der Waals surface area contributed by atoms with E-state index >= 15 is 0 Å². The van der Waals surface area contributed by atoms with Gasteiger partial charge in [-0.1, -0.05) is 30.3 Å². The van der Waals surface area contributed by atoms with Crippen LogP contribution >= 0.6 is 11.8 Å². The number of hydrogen-bond acceptors (Lipinski definition) is 4. The number of carboxylic acid groups (broad SMARTS) is 1. The molecule has 2 N–H and O–H groups in total. The van der Waals surface area contributed by atoms with E-state index in [2.05, 4.69) is 5.32 Å². The second-order valence-corrected chi connectivity index (χ2v) is 5.81.